The number of aliphatic hydroxyl groups excluding tert-OH is 1. The fourth-order valence-corrected chi connectivity index (χ4v) is 1.41. The van der Waals surface area contributed by atoms with Crippen LogP contribution in [0.25, 0.3) is 0 Å². The number of aliphatic hydroxyl groups is 1. The SMILES string of the molecule is NC(=O)c1ccc(NCC(O)C2CC2)nn1. The van der Waals surface area contributed by atoms with Crippen LogP contribution in [0.3, 0.4) is 0 Å². The number of anilines is 1. The first-order chi connectivity index (χ1) is 7.66. The Balaban J connectivity index is 1.86. The summed E-state index contributed by atoms with van der Waals surface area (Å²) >= 11 is 0. The Labute approximate surface area is 92.9 Å². The average molecular weight is 222 g/mol. The zero-order valence-corrected chi connectivity index (χ0v) is 8.76. The van der Waals surface area contributed by atoms with Gasteiger partial charge < -0.3 is 16.2 Å². The van der Waals surface area contributed by atoms with Crippen LogP contribution < -0.4 is 11.1 Å². The molecule has 0 radical (unpaired) electrons. The lowest BCUT2D eigenvalue weighted by molar-refractivity contribution is 0.0994. The highest BCUT2D eigenvalue weighted by Crippen LogP contribution is 2.32. The predicted octanol–water partition coefficient (Wildman–Crippen LogP) is -0.242. The van der Waals surface area contributed by atoms with E-state index < -0.39 is 5.91 Å². The third kappa shape index (κ3) is 2.66. The summed E-state index contributed by atoms with van der Waals surface area (Å²) in [5.74, 6) is 0.354. The number of rotatable bonds is 5. The molecule has 86 valence electrons. The lowest BCUT2D eigenvalue weighted by atomic mass is 10.2. The molecule has 6 nitrogen and oxygen atoms in total. The summed E-state index contributed by atoms with van der Waals surface area (Å²) in [4.78, 5) is 10.7. The van der Waals surface area contributed by atoms with Crippen molar-refractivity contribution in [2.45, 2.75) is 18.9 Å². The molecule has 1 aliphatic rings. The van der Waals surface area contributed by atoms with E-state index in [2.05, 4.69) is 15.5 Å². The highest BCUT2D eigenvalue weighted by molar-refractivity contribution is 5.90. The van der Waals surface area contributed by atoms with Gasteiger partial charge in [-0.05, 0) is 30.9 Å². The quantitative estimate of drug-likeness (QED) is 0.638. The van der Waals surface area contributed by atoms with Crippen molar-refractivity contribution in [1.29, 1.82) is 0 Å². The third-order valence-corrected chi connectivity index (χ3v) is 2.58. The van der Waals surface area contributed by atoms with Crippen LogP contribution in [0.4, 0.5) is 5.82 Å². The van der Waals surface area contributed by atoms with E-state index in [0.29, 0.717) is 18.3 Å². The van der Waals surface area contributed by atoms with Crippen LogP contribution in [0.15, 0.2) is 12.1 Å². The summed E-state index contributed by atoms with van der Waals surface area (Å²) in [5.41, 5.74) is 5.16. The number of nitrogens with two attached hydrogens (primary N) is 1. The fraction of sp³-hybridized carbons (Fsp3) is 0.500. The van der Waals surface area contributed by atoms with Crippen LogP contribution >= 0.6 is 0 Å². The van der Waals surface area contributed by atoms with Gasteiger partial charge >= 0.3 is 0 Å². The summed E-state index contributed by atoms with van der Waals surface area (Å²) < 4.78 is 0. The molecule has 0 aliphatic heterocycles. The number of nitrogens with one attached hydrogen (secondary N) is 1. The maximum atomic E-state index is 10.7. The van der Waals surface area contributed by atoms with Crippen LogP contribution in [0.1, 0.15) is 23.3 Å². The first-order valence-corrected chi connectivity index (χ1v) is 5.22. The zero-order valence-electron chi connectivity index (χ0n) is 8.76. The van der Waals surface area contributed by atoms with E-state index in [1.54, 1.807) is 6.07 Å². The van der Waals surface area contributed by atoms with Crippen molar-refractivity contribution in [1.82, 2.24) is 10.2 Å². The molecule has 6 heteroatoms. The number of aromatic nitrogens is 2. The molecule has 0 saturated heterocycles. The van der Waals surface area contributed by atoms with Gasteiger partial charge in [-0.1, -0.05) is 0 Å². The zero-order chi connectivity index (χ0) is 11.5. The molecule has 1 amide bonds. The van der Waals surface area contributed by atoms with E-state index in [-0.39, 0.29) is 11.8 Å². The fourth-order valence-electron chi connectivity index (χ4n) is 1.41. The third-order valence-electron chi connectivity index (χ3n) is 2.58. The summed E-state index contributed by atoms with van der Waals surface area (Å²) in [7, 11) is 0. The normalized spacial score (nSPS) is 16.8. The van der Waals surface area contributed by atoms with Crippen LogP contribution in [0.2, 0.25) is 0 Å². The van der Waals surface area contributed by atoms with Crippen LogP contribution in [0, 0.1) is 5.92 Å². The van der Waals surface area contributed by atoms with Gasteiger partial charge in [-0.2, -0.15) is 0 Å². The lowest BCUT2D eigenvalue weighted by Crippen LogP contribution is -2.22. The summed E-state index contributed by atoms with van der Waals surface area (Å²) in [6, 6.07) is 3.12. The Morgan fingerprint density at radius 1 is 1.56 bits per heavy atom. The monoisotopic (exact) mass is 222 g/mol. The molecule has 0 aromatic carbocycles. The van der Waals surface area contributed by atoms with Crippen molar-refractivity contribution in [2.75, 3.05) is 11.9 Å². The van der Waals surface area contributed by atoms with Crippen LogP contribution in [0.5, 0.6) is 0 Å². The van der Waals surface area contributed by atoms with Crippen molar-refractivity contribution in [3.05, 3.63) is 17.8 Å². The molecular formula is C10H14N4O2. The molecule has 4 N–H and O–H groups in total. The Bertz CT molecular complexity index is 375. The molecule has 1 aliphatic carbocycles. The molecule has 1 fully saturated rings. The molecule has 1 aromatic heterocycles. The number of amides is 1. The Kier molecular flexibility index (Phi) is 3.00. The van der Waals surface area contributed by atoms with Gasteiger partial charge in [0, 0.05) is 6.54 Å². The molecule has 2 rings (SSSR count). The number of carbonyl (C=O) groups excluding carboxylic acids is 1. The Morgan fingerprint density at radius 2 is 2.31 bits per heavy atom. The van der Waals surface area contributed by atoms with Crippen molar-refractivity contribution < 1.29 is 9.90 Å². The highest BCUT2D eigenvalue weighted by atomic mass is 16.3. The van der Waals surface area contributed by atoms with Gasteiger partial charge in [0.25, 0.3) is 5.91 Å². The van der Waals surface area contributed by atoms with Gasteiger partial charge in [-0.25, -0.2) is 0 Å². The summed E-state index contributed by atoms with van der Waals surface area (Å²) in [5, 5.41) is 20.0. The number of primary amides is 1. The van der Waals surface area contributed by atoms with E-state index in [1.807, 2.05) is 0 Å². The number of hydrogen-bond acceptors (Lipinski definition) is 5. The van der Waals surface area contributed by atoms with Gasteiger partial charge in [-0.3, -0.25) is 4.79 Å². The lowest BCUT2D eigenvalue weighted by Gasteiger charge is -2.10. The topological polar surface area (TPSA) is 101 Å². The van der Waals surface area contributed by atoms with Gasteiger partial charge in [0.2, 0.25) is 0 Å². The minimum absolute atomic E-state index is 0.133. The van der Waals surface area contributed by atoms with Crippen LogP contribution in [-0.2, 0) is 0 Å². The standard InChI is InChI=1S/C10H14N4O2/c11-10(16)7-3-4-9(14-13-7)12-5-8(15)6-1-2-6/h3-4,6,8,15H,1-2,5H2,(H2,11,16)(H,12,14). The molecule has 1 heterocycles. The first-order valence-electron chi connectivity index (χ1n) is 5.22. The molecule has 1 unspecified atom stereocenters. The smallest absolute Gasteiger partial charge is 0.269 e. The molecule has 0 spiro atoms. The first kappa shape index (κ1) is 10.8. The van der Waals surface area contributed by atoms with Crippen molar-refractivity contribution >= 4 is 11.7 Å². The summed E-state index contributed by atoms with van der Waals surface area (Å²) in [6.45, 7) is 0.454. The second-order valence-electron chi connectivity index (χ2n) is 3.95. The highest BCUT2D eigenvalue weighted by Gasteiger charge is 2.29. The number of nitrogens with zero attached hydrogens (tertiary/aromatic N) is 2. The molecule has 1 saturated carbocycles. The summed E-state index contributed by atoms with van der Waals surface area (Å²) in [6.07, 6.45) is 1.85. The molecule has 1 atom stereocenters. The van der Waals surface area contributed by atoms with E-state index in [0.717, 1.165) is 12.8 Å². The minimum Gasteiger partial charge on any atom is -0.391 e. The Morgan fingerprint density at radius 3 is 2.81 bits per heavy atom. The number of hydrogen-bond donors (Lipinski definition) is 3. The van der Waals surface area contributed by atoms with Gasteiger partial charge in [-0.15, -0.1) is 10.2 Å². The van der Waals surface area contributed by atoms with Gasteiger partial charge in [0.15, 0.2) is 5.69 Å². The maximum Gasteiger partial charge on any atom is 0.269 e. The van der Waals surface area contributed by atoms with Gasteiger partial charge in [0.1, 0.15) is 5.82 Å². The van der Waals surface area contributed by atoms with Crippen LogP contribution in [-0.4, -0.2) is 33.9 Å². The van der Waals surface area contributed by atoms with E-state index >= 15 is 0 Å². The molecule has 1 aromatic rings. The predicted molar refractivity (Wildman–Crippen MR) is 57.8 cm³/mol. The molecule has 0 bridgehead atoms. The Hall–Kier alpha value is -1.69. The van der Waals surface area contributed by atoms with Crippen molar-refractivity contribution in [2.24, 2.45) is 11.7 Å². The van der Waals surface area contributed by atoms with Crippen molar-refractivity contribution in [3.8, 4) is 0 Å². The molecule has 16 heavy (non-hydrogen) atoms. The van der Waals surface area contributed by atoms with E-state index in [1.165, 1.54) is 6.07 Å². The maximum absolute atomic E-state index is 10.7. The second-order valence-corrected chi connectivity index (χ2v) is 3.95. The minimum atomic E-state index is -0.600. The van der Waals surface area contributed by atoms with Crippen molar-refractivity contribution in [3.63, 3.8) is 0 Å². The molecular weight excluding hydrogens is 208 g/mol. The second kappa shape index (κ2) is 4.44. The van der Waals surface area contributed by atoms with Gasteiger partial charge in [0.05, 0.1) is 6.10 Å². The average Bonchev–Trinajstić information content (AvgIpc) is 3.10. The van der Waals surface area contributed by atoms with E-state index in [9.17, 15) is 9.90 Å². The largest absolute Gasteiger partial charge is 0.391 e. The number of carbonyl (C=O) groups is 1. The van der Waals surface area contributed by atoms with E-state index in [4.69, 9.17) is 5.73 Å².